The predicted molar refractivity (Wildman–Crippen MR) is 53.4 cm³/mol. The normalized spacial score (nSPS) is 29.8. The van der Waals surface area contributed by atoms with Crippen molar-refractivity contribution in [3.63, 3.8) is 0 Å². The average Bonchev–Trinajstić information content (AvgIpc) is 2.64. The zero-order valence-electron chi connectivity index (χ0n) is 7.61. The van der Waals surface area contributed by atoms with Gasteiger partial charge >= 0.3 is 0 Å². The molecule has 3 nitrogen and oxygen atoms in total. The summed E-state index contributed by atoms with van der Waals surface area (Å²) in [5.41, 5.74) is 4.29. The highest BCUT2D eigenvalue weighted by Gasteiger charge is 2.35. The Kier molecular flexibility index (Phi) is 4.69. The van der Waals surface area contributed by atoms with E-state index >= 15 is 0 Å². The molecule has 2 unspecified atom stereocenters. The van der Waals surface area contributed by atoms with E-state index in [0.717, 1.165) is 18.3 Å². The van der Waals surface area contributed by atoms with Gasteiger partial charge in [0.25, 0.3) is 0 Å². The Labute approximate surface area is 80.3 Å². The van der Waals surface area contributed by atoms with Crippen LogP contribution in [0.3, 0.4) is 0 Å². The lowest BCUT2D eigenvalue weighted by Gasteiger charge is -1.96. The summed E-state index contributed by atoms with van der Waals surface area (Å²) in [7, 11) is -2.12. The first-order valence-electron chi connectivity index (χ1n) is 4.58. The van der Waals surface area contributed by atoms with Gasteiger partial charge in [0.2, 0.25) is 8.53 Å². The van der Waals surface area contributed by atoms with E-state index in [-0.39, 0.29) is 0 Å². The van der Waals surface area contributed by atoms with Crippen LogP contribution in [0.15, 0.2) is 0 Å². The number of fused-ring (bicyclic) bond motifs is 1. The molecule has 4 N–H and O–H groups in total. The first-order chi connectivity index (χ1) is 6.20. The van der Waals surface area contributed by atoms with E-state index in [4.69, 9.17) is 9.79 Å². The summed E-state index contributed by atoms with van der Waals surface area (Å²) in [6, 6.07) is 0. The SMILES string of the molecule is C1#CCC2CC2CCC1.NP(O)O. The Hall–Kier alpha value is -0.130. The van der Waals surface area contributed by atoms with Gasteiger partial charge in [-0.25, -0.2) is 0 Å². The van der Waals surface area contributed by atoms with Crippen LogP contribution in [0.2, 0.25) is 0 Å². The third-order valence-electron chi connectivity index (χ3n) is 2.43. The first-order valence-corrected chi connectivity index (χ1v) is 5.90. The summed E-state index contributed by atoms with van der Waals surface area (Å²) in [4.78, 5) is 14.9. The van der Waals surface area contributed by atoms with Crippen LogP contribution in [0.4, 0.5) is 0 Å². The maximum atomic E-state index is 7.45. The lowest BCUT2D eigenvalue weighted by atomic mass is 10.1. The highest BCUT2D eigenvalue weighted by atomic mass is 31.2. The van der Waals surface area contributed by atoms with Gasteiger partial charge in [0.15, 0.2) is 0 Å². The molecule has 0 amide bonds. The summed E-state index contributed by atoms with van der Waals surface area (Å²) >= 11 is 0. The second-order valence-corrected chi connectivity index (χ2v) is 4.17. The zero-order valence-corrected chi connectivity index (χ0v) is 8.50. The lowest BCUT2D eigenvalue weighted by Crippen LogP contribution is -1.85. The summed E-state index contributed by atoms with van der Waals surface area (Å²) in [6.45, 7) is 0. The van der Waals surface area contributed by atoms with Crippen molar-refractivity contribution in [2.24, 2.45) is 17.3 Å². The van der Waals surface area contributed by atoms with Crippen LogP contribution in [0.25, 0.3) is 0 Å². The lowest BCUT2D eigenvalue weighted by molar-refractivity contribution is 0.485. The second kappa shape index (κ2) is 5.57. The summed E-state index contributed by atoms with van der Waals surface area (Å²) in [5, 5.41) is 0. The van der Waals surface area contributed by atoms with Gasteiger partial charge in [-0.3, -0.25) is 5.50 Å². The van der Waals surface area contributed by atoms with Gasteiger partial charge in [-0.05, 0) is 31.1 Å². The van der Waals surface area contributed by atoms with Crippen LogP contribution in [0, 0.1) is 23.7 Å². The molecule has 13 heavy (non-hydrogen) atoms. The molecule has 2 rings (SSSR count). The Balaban J connectivity index is 0.000000184. The molecule has 2 aliphatic rings. The Bertz CT molecular complexity index is 207. The second-order valence-electron chi connectivity index (χ2n) is 3.53. The standard InChI is InChI=1S/C9H12.H4NO2P/c1-2-4-6-9-7-8(9)5-3-1;1-4(2)3/h8-9H,1,3,5-7H2;2-3H,1H2. The van der Waals surface area contributed by atoms with Crippen molar-refractivity contribution in [1.29, 1.82) is 0 Å². The molecule has 2 aliphatic carbocycles. The molecule has 0 heterocycles. The Morgan fingerprint density at radius 1 is 1.23 bits per heavy atom. The van der Waals surface area contributed by atoms with Gasteiger partial charge in [-0.2, -0.15) is 0 Å². The molecule has 2 atom stereocenters. The number of hydrogen-bond acceptors (Lipinski definition) is 3. The molecule has 0 bridgehead atoms. The molecule has 0 aromatic rings. The molecule has 0 spiro atoms. The van der Waals surface area contributed by atoms with Gasteiger partial charge in [0, 0.05) is 12.8 Å². The minimum absolute atomic E-state index is 1.01. The molecule has 0 radical (unpaired) electrons. The van der Waals surface area contributed by atoms with Gasteiger partial charge in [0.1, 0.15) is 0 Å². The van der Waals surface area contributed by atoms with Crippen molar-refractivity contribution in [3.05, 3.63) is 0 Å². The fraction of sp³-hybridized carbons (Fsp3) is 0.778. The van der Waals surface area contributed by atoms with Crippen LogP contribution in [0.1, 0.15) is 32.1 Å². The predicted octanol–water partition coefficient (Wildman–Crippen LogP) is 1.36. The van der Waals surface area contributed by atoms with Gasteiger partial charge in [-0.1, -0.05) is 0 Å². The van der Waals surface area contributed by atoms with Gasteiger partial charge in [-0.15, -0.1) is 11.8 Å². The topological polar surface area (TPSA) is 66.5 Å². The van der Waals surface area contributed by atoms with Gasteiger partial charge in [0.05, 0.1) is 0 Å². The van der Waals surface area contributed by atoms with Crippen molar-refractivity contribution >= 4 is 8.53 Å². The van der Waals surface area contributed by atoms with Crippen LogP contribution < -0.4 is 5.50 Å². The largest absolute Gasteiger partial charge is 0.338 e. The molecule has 1 fully saturated rings. The zero-order chi connectivity index (χ0) is 9.68. The molecule has 0 aromatic carbocycles. The Morgan fingerprint density at radius 3 is 2.62 bits per heavy atom. The molecule has 4 heteroatoms. The van der Waals surface area contributed by atoms with Crippen molar-refractivity contribution in [2.75, 3.05) is 0 Å². The maximum Gasteiger partial charge on any atom is 0.247 e. The average molecular weight is 201 g/mol. The summed E-state index contributed by atoms with van der Waals surface area (Å²) < 4.78 is 0. The van der Waals surface area contributed by atoms with Crippen molar-refractivity contribution in [3.8, 4) is 11.8 Å². The van der Waals surface area contributed by atoms with Crippen LogP contribution in [-0.4, -0.2) is 9.79 Å². The molecule has 0 aromatic heterocycles. The fourth-order valence-electron chi connectivity index (χ4n) is 1.66. The smallest absolute Gasteiger partial charge is 0.247 e. The van der Waals surface area contributed by atoms with E-state index in [2.05, 4.69) is 17.3 Å². The quantitative estimate of drug-likeness (QED) is 0.409. The third kappa shape index (κ3) is 5.23. The number of hydrogen-bond donors (Lipinski definition) is 3. The van der Waals surface area contributed by atoms with E-state index in [1.54, 1.807) is 0 Å². The van der Waals surface area contributed by atoms with Crippen molar-refractivity contribution in [1.82, 2.24) is 0 Å². The monoisotopic (exact) mass is 201 g/mol. The van der Waals surface area contributed by atoms with E-state index < -0.39 is 8.53 Å². The number of nitrogens with two attached hydrogens (primary N) is 1. The highest BCUT2D eigenvalue weighted by Crippen LogP contribution is 2.44. The first kappa shape index (κ1) is 10.9. The van der Waals surface area contributed by atoms with Crippen LogP contribution in [-0.2, 0) is 0 Å². The van der Waals surface area contributed by atoms with Crippen molar-refractivity contribution < 1.29 is 9.79 Å². The molecule has 0 saturated heterocycles. The third-order valence-corrected chi connectivity index (χ3v) is 2.43. The molecular weight excluding hydrogens is 185 g/mol. The minimum atomic E-state index is -2.12. The molecular formula is C9H16NO2P. The maximum absolute atomic E-state index is 7.45. The molecule has 74 valence electrons. The van der Waals surface area contributed by atoms with Crippen LogP contribution >= 0.6 is 8.53 Å². The molecule has 0 aliphatic heterocycles. The number of rotatable bonds is 0. The van der Waals surface area contributed by atoms with Crippen molar-refractivity contribution in [2.45, 2.75) is 32.1 Å². The highest BCUT2D eigenvalue weighted by molar-refractivity contribution is 7.42. The minimum Gasteiger partial charge on any atom is -0.338 e. The van der Waals surface area contributed by atoms with Crippen LogP contribution in [0.5, 0.6) is 0 Å². The van der Waals surface area contributed by atoms with E-state index in [9.17, 15) is 0 Å². The van der Waals surface area contributed by atoms with E-state index in [1.807, 2.05) is 0 Å². The van der Waals surface area contributed by atoms with E-state index in [1.165, 1.54) is 25.7 Å². The molecule has 1 saturated carbocycles. The van der Waals surface area contributed by atoms with Gasteiger partial charge < -0.3 is 9.79 Å². The Morgan fingerprint density at radius 2 is 1.92 bits per heavy atom. The fourth-order valence-corrected chi connectivity index (χ4v) is 1.66. The van der Waals surface area contributed by atoms with E-state index in [0.29, 0.717) is 0 Å². The summed E-state index contributed by atoms with van der Waals surface area (Å²) in [5.74, 6) is 8.52. The summed E-state index contributed by atoms with van der Waals surface area (Å²) in [6.07, 6.45) is 6.65.